The fraction of sp³-hybridized carbons (Fsp3) is 0.333. The van der Waals surface area contributed by atoms with Crippen LogP contribution in [0.15, 0.2) is 18.2 Å². The molecule has 0 aliphatic rings. The molecule has 0 bridgehead atoms. The van der Waals surface area contributed by atoms with Crippen LogP contribution in [-0.2, 0) is 4.79 Å². The van der Waals surface area contributed by atoms with E-state index in [1.54, 1.807) is 0 Å². The number of carbonyl (C=O) groups is 2. The first-order valence-electron chi connectivity index (χ1n) is 5.95. The van der Waals surface area contributed by atoms with Gasteiger partial charge in [-0.3, -0.25) is 10.1 Å². The zero-order valence-electron chi connectivity index (χ0n) is 11.4. The van der Waals surface area contributed by atoms with E-state index in [0.29, 0.717) is 5.56 Å². The Kier molecular flexibility index (Phi) is 5.19. The number of amides is 2. The summed E-state index contributed by atoms with van der Waals surface area (Å²) < 4.78 is 0. The Morgan fingerprint density at radius 3 is 2.43 bits per heavy atom. The van der Waals surface area contributed by atoms with Crippen molar-refractivity contribution in [1.29, 1.82) is 0 Å². The first-order chi connectivity index (χ1) is 9.72. The second-order valence-corrected chi connectivity index (χ2v) is 4.41. The van der Waals surface area contributed by atoms with Gasteiger partial charge in [-0.2, -0.15) is 0 Å². The maximum absolute atomic E-state index is 11.6. The average molecular weight is 297 g/mol. The number of carboxylic acid groups (broad SMARTS) is 1. The van der Waals surface area contributed by atoms with E-state index in [2.05, 4.69) is 10.6 Å². The molecule has 9 heteroatoms. The van der Waals surface area contributed by atoms with Crippen LogP contribution in [0.1, 0.15) is 12.5 Å². The number of nitro benzene ring substituents is 1. The molecule has 2 amide bonds. The van der Waals surface area contributed by atoms with Crippen molar-refractivity contribution in [2.45, 2.75) is 26.0 Å². The zero-order valence-corrected chi connectivity index (χ0v) is 11.4. The van der Waals surface area contributed by atoms with Gasteiger partial charge in [0.25, 0.3) is 5.69 Å². The topological polar surface area (TPSA) is 142 Å². The minimum Gasteiger partial charge on any atom is -0.480 e. The van der Waals surface area contributed by atoms with Crippen molar-refractivity contribution < 1.29 is 24.7 Å². The molecule has 1 rings (SSSR count). The summed E-state index contributed by atoms with van der Waals surface area (Å²) in [6.07, 6.45) is -1.27. The number of nitrogens with zero attached hydrogens (tertiary/aromatic N) is 1. The highest BCUT2D eigenvalue weighted by Crippen LogP contribution is 2.21. The van der Waals surface area contributed by atoms with Crippen LogP contribution in [0.2, 0.25) is 0 Å². The summed E-state index contributed by atoms with van der Waals surface area (Å²) in [5.41, 5.74) is 0.529. The van der Waals surface area contributed by atoms with E-state index < -0.39 is 29.1 Å². The molecule has 0 spiro atoms. The van der Waals surface area contributed by atoms with Gasteiger partial charge in [-0.1, -0.05) is 0 Å². The van der Waals surface area contributed by atoms with Gasteiger partial charge >= 0.3 is 12.0 Å². The number of benzene rings is 1. The second-order valence-electron chi connectivity index (χ2n) is 4.41. The molecule has 0 aliphatic heterocycles. The van der Waals surface area contributed by atoms with Crippen LogP contribution in [0.4, 0.5) is 16.2 Å². The van der Waals surface area contributed by atoms with Crippen molar-refractivity contribution >= 4 is 23.4 Å². The lowest BCUT2D eigenvalue weighted by Crippen LogP contribution is -2.49. The molecule has 0 heterocycles. The average Bonchev–Trinajstić information content (AvgIpc) is 2.34. The van der Waals surface area contributed by atoms with Crippen molar-refractivity contribution in [3.8, 4) is 0 Å². The fourth-order valence-electron chi connectivity index (χ4n) is 1.64. The molecule has 0 aromatic heterocycles. The van der Waals surface area contributed by atoms with Crippen molar-refractivity contribution in [2.24, 2.45) is 0 Å². The monoisotopic (exact) mass is 297 g/mol. The Hall–Kier alpha value is -2.68. The molecule has 2 atom stereocenters. The van der Waals surface area contributed by atoms with Gasteiger partial charge in [0.05, 0.1) is 11.0 Å². The molecule has 1 aromatic carbocycles. The molecule has 0 fully saturated rings. The summed E-state index contributed by atoms with van der Waals surface area (Å²) in [5.74, 6) is -1.37. The maximum atomic E-state index is 11.6. The number of urea groups is 1. The standard InChI is InChI=1S/C12H15N3O6/c1-6-5-8(3-4-9(6)15(20)21)13-12(19)14-10(7(2)16)11(17)18/h3-5,7,10,16H,1-2H3,(H,17,18)(H2,13,14,19)/t7-,10+/m1/s1. The molecule has 1 aromatic rings. The van der Waals surface area contributed by atoms with Crippen molar-refractivity contribution in [1.82, 2.24) is 5.32 Å². The lowest BCUT2D eigenvalue weighted by Gasteiger charge is -2.17. The van der Waals surface area contributed by atoms with Crippen LogP contribution < -0.4 is 10.6 Å². The maximum Gasteiger partial charge on any atom is 0.328 e. The quantitative estimate of drug-likeness (QED) is 0.469. The highest BCUT2D eigenvalue weighted by molar-refractivity contribution is 5.92. The Bertz CT molecular complexity index is 572. The summed E-state index contributed by atoms with van der Waals surface area (Å²) in [4.78, 5) is 32.6. The smallest absolute Gasteiger partial charge is 0.328 e. The molecular formula is C12H15N3O6. The number of hydrogen-bond acceptors (Lipinski definition) is 5. The molecule has 9 nitrogen and oxygen atoms in total. The molecule has 114 valence electrons. The number of aliphatic carboxylic acids is 1. The van der Waals surface area contributed by atoms with Crippen LogP contribution in [0.25, 0.3) is 0 Å². The third-order valence-corrected chi connectivity index (χ3v) is 2.69. The van der Waals surface area contributed by atoms with E-state index in [4.69, 9.17) is 5.11 Å². The second kappa shape index (κ2) is 6.66. The van der Waals surface area contributed by atoms with E-state index >= 15 is 0 Å². The number of anilines is 1. The molecule has 0 aliphatic carbocycles. The number of aliphatic hydroxyl groups is 1. The largest absolute Gasteiger partial charge is 0.480 e. The van der Waals surface area contributed by atoms with E-state index in [1.165, 1.54) is 32.0 Å². The number of hydrogen-bond donors (Lipinski definition) is 4. The first-order valence-corrected chi connectivity index (χ1v) is 5.95. The van der Waals surface area contributed by atoms with Crippen molar-refractivity contribution in [3.05, 3.63) is 33.9 Å². The number of nitro groups is 1. The van der Waals surface area contributed by atoms with Crippen LogP contribution in [-0.4, -0.2) is 39.3 Å². The third kappa shape index (κ3) is 4.42. The number of nitrogens with one attached hydrogen (secondary N) is 2. The SMILES string of the molecule is Cc1cc(NC(=O)N[C@H](C(=O)O)[C@@H](C)O)ccc1[N+](=O)[O-]. The van der Waals surface area contributed by atoms with Gasteiger partial charge < -0.3 is 20.8 Å². The van der Waals surface area contributed by atoms with Crippen molar-refractivity contribution in [3.63, 3.8) is 0 Å². The predicted octanol–water partition coefficient (Wildman–Crippen LogP) is 0.859. The van der Waals surface area contributed by atoms with Gasteiger partial charge in [0, 0.05) is 17.3 Å². The summed E-state index contributed by atoms with van der Waals surface area (Å²) >= 11 is 0. The number of rotatable bonds is 5. The van der Waals surface area contributed by atoms with Gasteiger partial charge in [-0.05, 0) is 26.0 Å². The predicted molar refractivity (Wildman–Crippen MR) is 73.1 cm³/mol. The molecule has 0 radical (unpaired) electrons. The zero-order chi connectivity index (χ0) is 16.2. The minimum atomic E-state index is -1.45. The minimum absolute atomic E-state index is 0.0895. The first kappa shape index (κ1) is 16.4. The summed E-state index contributed by atoms with van der Waals surface area (Å²) in [7, 11) is 0. The van der Waals surface area contributed by atoms with Gasteiger partial charge in [-0.15, -0.1) is 0 Å². The highest BCUT2D eigenvalue weighted by atomic mass is 16.6. The van der Waals surface area contributed by atoms with Crippen LogP contribution >= 0.6 is 0 Å². The Morgan fingerprint density at radius 2 is 2.00 bits per heavy atom. The Morgan fingerprint density at radius 1 is 1.38 bits per heavy atom. The summed E-state index contributed by atoms with van der Waals surface area (Å²) in [6, 6.07) is 1.65. The van der Waals surface area contributed by atoms with Gasteiger partial charge in [0.15, 0.2) is 6.04 Å². The van der Waals surface area contributed by atoms with Gasteiger partial charge in [-0.25, -0.2) is 9.59 Å². The molecule has 0 saturated carbocycles. The van der Waals surface area contributed by atoms with E-state index in [9.17, 15) is 24.8 Å². The summed E-state index contributed by atoms with van der Waals surface area (Å²) in [5, 5.41) is 33.2. The van der Waals surface area contributed by atoms with E-state index in [1.807, 2.05) is 0 Å². The van der Waals surface area contributed by atoms with Crippen LogP contribution in [0, 0.1) is 17.0 Å². The normalized spacial score (nSPS) is 13.1. The number of aliphatic hydroxyl groups excluding tert-OH is 1. The fourth-order valence-corrected chi connectivity index (χ4v) is 1.64. The number of carboxylic acids is 1. The third-order valence-electron chi connectivity index (χ3n) is 2.69. The molecule has 0 unspecified atom stereocenters. The van der Waals surface area contributed by atoms with Crippen molar-refractivity contribution in [2.75, 3.05) is 5.32 Å². The Balaban J connectivity index is 2.77. The molecule has 0 saturated heterocycles. The molecule has 21 heavy (non-hydrogen) atoms. The number of aryl methyl sites for hydroxylation is 1. The lowest BCUT2D eigenvalue weighted by atomic mass is 10.2. The van der Waals surface area contributed by atoms with Crippen LogP contribution in [0.3, 0.4) is 0 Å². The van der Waals surface area contributed by atoms with E-state index in [-0.39, 0.29) is 11.4 Å². The lowest BCUT2D eigenvalue weighted by molar-refractivity contribution is -0.385. The highest BCUT2D eigenvalue weighted by Gasteiger charge is 2.25. The van der Waals surface area contributed by atoms with Crippen LogP contribution in [0.5, 0.6) is 0 Å². The summed E-state index contributed by atoms with van der Waals surface area (Å²) in [6.45, 7) is 2.74. The number of carbonyl (C=O) groups excluding carboxylic acids is 1. The Labute approximate surface area is 119 Å². The van der Waals surface area contributed by atoms with Gasteiger partial charge in [0.1, 0.15) is 0 Å². The van der Waals surface area contributed by atoms with E-state index in [0.717, 1.165) is 0 Å². The molecule has 4 N–H and O–H groups in total. The molecular weight excluding hydrogens is 282 g/mol. The van der Waals surface area contributed by atoms with Gasteiger partial charge in [0.2, 0.25) is 0 Å².